The molecule has 0 heterocycles. The van der Waals surface area contributed by atoms with Crippen LogP contribution in [-0.4, -0.2) is 15.5 Å². The molecule has 0 aromatic carbocycles. The molecule has 0 amide bonds. The molecular weight excluding hydrogens is 182 g/mol. The fraction of sp³-hybridized carbons (Fsp3) is 0.800. The summed E-state index contributed by atoms with van der Waals surface area (Å²) >= 11 is 16.8. The van der Waals surface area contributed by atoms with Gasteiger partial charge in [0.25, 0.3) is 0 Å². The third-order valence-corrected chi connectivity index (χ3v) is 3.01. The smallest absolute Gasteiger partial charge is 0.153 e. The van der Waals surface area contributed by atoms with E-state index < -0.39 is 9.71 Å². The molecule has 1 rings (SSSR count). The average molecular weight is 187 g/mol. The maximum Gasteiger partial charge on any atom is 0.153 e. The van der Waals surface area contributed by atoms with Crippen molar-refractivity contribution in [2.45, 2.75) is 22.6 Å². The Balaban J connectivity index is 2.73. The molecule has 0 aromatic rings. The van der Waals surface area contributed by atoms with E-state index >= 15 is 0 Å². The Labute approximate surface area is 68.3 Å². The zero-order chi connectivity index (χ0) is 7.07. The summed E-state index contributed by atoms with van der Waals surface area (Å²) in [6.45, 7) is 0. The van der Waals surface area contributed by atoms with Gasteiger partial charge in [-0.25, -0.2) is 0 Å². The monoisotopic (exact) mass is 186 g/mol. The molecular formula is C5H5Cl3O. The largest absolute Gasteiger partial charge is 0.298 e. The van der Waals surface area contributed by atoms with Gasteiger partial charge in [0.2, 0.25) is 0 Å². The molecule has 0 bridgehead atoms. The Kier molecular flexibility index (Phi) is 1.95. The summed E-state index contributed by atoms with van der Waals surface area (Å²) in [6, 6.07) is 0. The van der Waals surface area contributed by atoms with E-state index in [-0.39, 0.29) is 5.78 Å². The molecule has 0 N–H and O–H groups in total. The molecule has 1 saturated carbocycles. The number of Topliss-reactive ketones (excluding diaryl/α,β-unsaturated/α-hetero) is 1. The first-order valence-corrected chi connectivity index (χ1v) is 3.78. The lowest BCUT2D eigenvalue weighted by Gasteiger charge is -2.12. The van der Waals surface area contributed by atoms with E-state index in [1.54, 1.807) is 0 Å². The Morgan fingerprint density at radius 3 is 2.22 bits per heavy atom. The highest BCUT2D eigenvalue weighted by atomic mass is 35.5. The van der Waals surface area contributed by atoms with Crippen LogP contribution in [0.5, 0.6) is 0 Å². The second-order valence-electron chi connectivity index (χ2n) is 2.09. The van der Waals surface area contributed by atoms with Crippen LogP contribution in [0.1, 0.15) is 12.8 Å². The normalized spacial score (nSPS) is 33.2. The van der Waals surface area contributed by atoms with Gasteiger partial charge in [-0.05, 0) is 6.42 Å². The summed E-state index contributed by atoms with van der Waals surface area (Å²) in [5.74, 6) is -0.0540. The van der Waals surface area contributed by atoms with Crippen molar-refractivity contribution < 1.29 is 4.79 Å². The van der Waals surface area contributed by atoms with E-state index in [0.717, 1.165) is 0 Å². The highest BCUT2D eigenvalue weighted by Gasteiger charge is 2.44. The van der Waals surface area contributed by atoms with E-state index in [2.05, 4.69) is 0 Å². The number of ketones is 1. The van der Waals surface area contributed by atoms with Gasteiger partial charge in [0, 0.05) is 6.42 Å². The molecule has 0 radical (unpaired) electrons. The second kappa shape index (κ2) is 2.30. The van der Waals surface area contributed by atoms with Crippen LogP contribution in [0.25, 0.3) is 0 Å². The van der Waals surface area contributed by atoms with Gasteiger partial charge in [0.05, 0.1) is 0 Å². The predicted molar refractivity (Wildman–Crippen MR) is 38.3 cm³/mol. The quantitative estimate of drug-likeness (QED) is 0.531. The van der Waals surface area contributed by atoms with Crippen LogP contribution in [0.15, 0.2) is 0 Å². The Hall–Kier alpha value is 0.540. The third kappa shape index (κ3) is 1.34. The minimum atomic E-state index is -1.02. The standard InChI is InChI=1S/C5H5Cl3O/c6-4-3(9)1-2-5(4,7)8/h4H,1-2H2. The van der Waals surface area contributed by atoms with E-state index in [4.69, 9.17) is 34.8 Å². The zero-order valence-electron chi connectivity index (χ0n) is 4.53. The molecule has 0 spiro atoms. The maximum absolute atomic E-state index is 10.7. The molecule has 1 atom stereocenters. The van der Waals surface area contributed by atoms with Crippen molar-refractivity contribution in [2.24, 2.45) is 0 Å². The van der Waals surface area contributed by atoms with Crippen LogP contribution < -0.4 is 0 Å². The molecule has 0 aliphatic heterocycles. The fourth-order valence-corrected chi connectivity index (χ4v) is 1.43. The van der Waals surface area contributed by atoms with E-state index in [1.165, 1.54) is 0 Å². The van der Waals surface area contributed by atoms with E-state index in [9.17, 15) is 4.79 Å². The minimum Gasteiger partial charge on any atom is -0.298 e. The molecule has 1 fully saturated rings. The lowest BCUT2D eigenvalue weighted by molar-refractivity contribution is -0.117. The molecule has 52 valence electrons. The van der Waals surface area contributed by atoms with Gasteiger partial charge in [0.15, 0.2) is 5.78 Å². The van der Waals surface area contributed by atoms with Crippen molar-refractivity contribution >= 4 is 40.6 Å². The minimum absolute atomic E-state index is 0.0540. The van der Waals surface area contributed by atoms with Crippen molar-refractivity contribution in [3.05, 3.63) is 0 Å². The lowest BCUT2D eigenvalue weighted by atomic mass is 10.3. The molecule has 0 saturated heterocycles. The SMILES string of the molecule is O=C1CCC(Cl)(Cl)C1Cl. The highest BCUT2D eigenvalue weighted by Crippen LogP contribution is 2.40. The van der Waals surface area contributed by atoms with Crippen LogP contribution in [0.2, 0.25) is 0 Å². The van der Waals surface area contributed by atoms with Crippen LogP contribution >= 0.6 is 34.8 Å². The molecule has 4 heteroatoms. The molecule has 1 nitrogen and oxygen atoms in total. The molecule has 9 heavy (non-hydrogen) atoms. The predicted octanol–water partition coefficient (Wildman–Crippen LogP) is 2.13. The van der Waals surface area contributed by atoms with Crippen LogP contribution in [0.4, 0.5) is 0 Å². The number of alkyl halides is 3. The number of halogens is 3. The first-order valence-electron chi connectivity index (χ1n) is 2.58. The number of carbonyl (C=O) groups excluding carboxylic acids is 1. The highest BCUT2D eigenvalue weighted by molar-refractivity contribution is 6.56. The molecule has 0 aromatic heterocycles. The second-order valence-corrected chi connectivity index (χ2v) is 4.07. The zero-order valence-corrected chi connectivity index (χ0v) is 6.80. The number of hydrogen-bond donors (Lipinski definition) is 0. The van der Waals surface area contributed by atoms with Gasteiger partial charge in [-0.3, -0.25) is 4.79 Å². The third-order valence-electron chi connectivity index (χ3n) is 1.36. The molecule has 1 aliphatic carbocycles. The first-order chi connectivity index (χ1) is 4.04. The van der Waals surface area contributed by atoms with Gasteiger partial charge >= 0.3 is 0 Å². The average Bonchev–Trinajstić information content (AvgIpc) is 1.97. The summed E-state index contributed by atoms with van der Waals surface area (Å²) < 4.78 is -1.02. The van der Waals surface area contributed by atoms with Gasteiger partial charge in [-0.1, -0.05) is 23.2 Å². The first kappa shape index (κ1) is 7.64. The summed E-state index contributed by atoms with van der Waals surface area (Å²) in [5, 5.41) is -0.708. The van der Waals surface area contributed by atoms with E-state index in [1.807, 2.05) is 0 Å². The number of rotatable bonds is 0. The van der Waals surface area contributed by atoms with Gasteiger partial charge in [-0.15, -0.1) is 11.6 Å². The van der Waals surface area contributed by atoms with Gasteiger partial charge in [-0.2, -0.15) is 0 Å². The number of hydrogen-bond acceptors (Lipinski definition) is 1. The number of carbonyl (C=O) groups is 1. The molecule has 1 unspecified atom stereocenters. The summed E-state index contributed by atoms with van der Waals surface area (Å²) in [4.78, 5) is 10.7. The van der Waals surface area contributed by atoms with Crippen LogP contribution in [0.3, 0.4) is 0 Å². The van der Waals surface area contributed by atoms with Crippen molar-refractivity contribution in [3.8, 4) is 0 Å². The summed E-state index contributed by atoms with van der Waals surface area (Å²) in [7, 11) is 0. The van der Waals surface area contributed by atoms with Crippen molar-refractivity contribution in [2.75, 3.05) is 0 Å². The maximum atomic E-state index is 10.7. The Bertz CT molecular complexity index is 143. The lowest BCUT2D eigenvalue weighted by Crippen LogP contribution is -2.23. The van der Waals surface area contributed by atoms with Crippen LogP contribution in [0, 0.1) is 0 Å². The molecule has 1 aliphatic rings. The van der Waals surface area contributed by atoms with Crippen molar-refractivity contribution in [1.82, 2.24) is 0 Å². The summed E-state index contributed by atoms with van der Waals surface area (Å²) in [5.41, 5.74) is 0. The Morgan fingerprint density at radius 2 is 2.11 bits per heavy atom. The summed E-state index contributed by atoms with van der Waals surface area (Å²) in [6.07, 6.45) is 0.879. The van der Waals surface area contributed by atoms with Crippen molar-refractivity contribution in [3.63, 3.8) is 0 Å². The van der Waals surface area contributed by atoms with Crippen molar-refractivity contribution in [1.29, 1.82) is 0 Å². The fourth-order valence-electron chi connectivity index (χ4n) is 0.779. The topological polar surface area (TPSA) is 17.1 Å². The van der Waals surface area contributed by atoms with Crippen LogP contribution in [-0.2, 0) is 4.79 Å². The Morgan fingerprint density at radius 1 is 1.56 bits per heavy atom. The van der Waals surface area contributed by atoms with Gasteiger partial charge in [0.1, 0.15) is 9.71 Å². The van der Waals surface area contributed by atoms with Gasteiger partial charge < -0.3 is 0 Å². The van der Waals surface area contributed by atoms with E-state index in [0.29, 0.717) is 12.8 Å².